The minimum Gasteiger partial charge on any atom is -0.394 e. The van der Waals surface area contributed by atoms with Crippen molar-refractivity contribution in [2.75, 3.05) is 0 Å². The van der Waals surface area contributed by atoms with Gasteiger partial charge in [-0.2, -0.15) is 0 Å². The van der Waals surface area contributed by atoms with Gasteiger partial charge in [0.25, 0.3) is 0 Å². The van der Waals surface area contributed by atoms with Crippen LogP contribution in [0.5, 0.6) is 11.5 Å². The van der Waals surface area contributed by atoms with E-state index in [9.17, 15) is 4.79 Å². The molecule has 0 aliphatic heterocycles. The van der Waals surface area contributed by atoms with E-state index in [2.05, 4.69) is 46.8 Å². The number of benzene rings is 2. The minimum atomic E-state index is -0.672. The van der Waals surface area contributed by atoms with Gasteiger partial charge in [-0.25, -0.2) is 4.79 Å². The summed E-state index contributed by atoms with van der Waals surface area (Å²) >= 11 is 0. The van der Waals surface area contributed by atoms with Gasteiger partial charge in [-0.05, 0) is 72.1 Å². The number of carbonyl (C=O) groups is 1. The summed E-state index contributed by atoms with van der Waals surface area (Å²) in [6.45, 7) is 10.5. The molecule has 0 atom stereocenters. The molecule has 2 rings (SSSR count). The van der Waals surface area contributed by atoms with Gasteiger partial charge in [0.15, 0.2) is 0 Å². The van der Waals surface area contributed by atoms with Crippen molar-refractivity contribution in [2.45, 2.75) is 66.7 Å². The molecule has 3 heteroatoms. The predicted octanol–water partition coefficient (Wildman–Crippen LogP) is 6.08. The molecular weight excluding hydrogens is 324 g/mol. The Balaban J connectivity index is 2.26. The fraction of sp³-hybridized carbons (Fsp3) is 0.435. The van der Waals surface area contributed by atoms with Gasteiger partial charge in [0.2, 0.25) is 0 Å². The summed E-state index contributed by atoms with van der Waals surface area (Å²) < 4.78 is 11.1. The lowest BCUT2D eigenvalue weighted by atomic mass is 9.95. The van der Waals surface area contributed by atoms with Crippen molar-refractivity contribution in [1.29, 1.82) is 0 Å². The summed E-state index contributed by atoms with van der Waals surface area (Å²) in [7, 11) is 0. The molecule has 0 aliphatic carbocycles. The van der Waals surface area contributed by atoms with Crippen molar-refractivity contribution in [3.8, 4) is 11.5 Å². The van der Waals surface area contributed by atoms with Gasteiger partial charge < -0.3 is 9.47 Å². The van der Waals surface area contributed by atoms with Crippen molar-refractivity contribution in [2.24, 2.45) is 0 Å². The van der Waals surface area contributed by atoms with Crippen LogP contribution in [0.1, 0.15) is 62.4 Å². The van der Waals surface area contributed by atoms with E-state index in [-0.39, 0.29) is 0 Å². The highest BCUT2D eigenvalue weighted by molar-refractivity contribution is 5.69. The first-order valence-electron chi connectivity index (χ1n) is 9.73. The Kier molecular flexibility index (Phi) is 7.26. The lowest BCUT2D eigenvalue weighted by Crippen LogP contribution is -2.16. The molecular formula is C23H30O3. The van der Waals surface area contributed by atoms with Gasteiger partial charge in [0.05, 0.1) is 0 Å². The van der Waals surface area contributed by atoms with Crippen LogP contribution < -0.4 is 9.47 Å². The number of aryl methyl sites for hydroxylation is 2. The van der Waals surface area contributed by atoms with Gasteiger partial charge in [-0.15, -0.1) is 0 Å². The summed E-state index contributed by atoms with van der Waals surface area (Å²) in [4.78, 5) is 12.4. The Hall–Kier alpha value is -2.29. The minimum absolute atomic E-state index is 0.593. The highest BCUT2D eigenvalue weighted by Crippen LogP contribution is 2.29. The number of ether oxygens (including phenoxy) is 2. The lowest BCUT2D eigenvalue weighted by molar-refractivity contribution is 0.151. The van der Waals surface area contributed by atoms with Crippen LogP contribution in [0.2, 0.25) is 0 Å². The number of rotatable bonds is 7. The quantitative estimate of drug-likeness (QED) is 0.447. The van der Waals surface area contributed by atoms with Crippen LogP contribution in [-0.4, -0.2) is 6.16 Å². The van der Waals surface area contributed by atoms with Crippen molar-refractivity contribution in [1.82, 2.24) is 0 Å². The van der Waals surface area contributed by atoms with Crippen LogP contribution in [0.4, 0.5) is 4.79 Å². The molecule has 0 amide bonds. The summed E-state index contributed by atoms with van der Waals surface area (Å²) in [6, 6.07) is 9.77. The van der Waals surface area contributed by atoms with E-state index in [1.807, 2.05) is 18.2 Å². The monoisotopic (exact) mass is 354 g/mol. The smallest absolute Gasteiger partial charge is 0.394 e. The van der Waals surface area contributed by atoms with Gasteiger partial charge in [-0.3, -0.25) is 0 Å². The van der Waals surface area contributed by atoms with Crippen LogP contribution in [0.3, 0.4) is 0 Å². The van der Waals surface area contributed by atoms with E-state index in [4.69, 9.17) is 9.47 Å². The Labute approximate surface area is 157 Å². The third kappa shape index (κ3) is 4.27. The number of carbonyl (C=O) groups excluding carboxylic acids is 1. The highest BCUT2D eigenvalue weighted by Gasteiger charge is 2.17. The van der Waals surface area contributed by atoms with Gasteiger partial charge in [0, 0.05) is 0 Å². The fourth-order valence-corrected chi connectivity index (χ4v) is 3.61. The molecule has 0 saturated carbocycles. The third-order valence-electron chi connectivity index (χ3n) is 4.92. The SMILES string of the molecule is CCc1cccc(OC(=O)Oc2ccc(CC)c(CC)c2CC)c1CC. The van der Waals surface area contributed by atoms with Crippen LogP contribution in [0, 0.1) is 0 Å². The molecule has 0 heterocycles. The van der Waals surface area contributed by atoms with E-state index in [1.165, 1.54) is 16.7 Å². The maximum absolute atomic E-state index is 12.4. The van der Waals surface area contributed by atoms with Crippen molar-refractivity contribution in [3.63, 3.8) is 0 Å². The molecule has 0 unspecified atom stereocenters. The molecule has 0 N–H and O–H groups in total. The van der Waals surface area contributed by atoms with E-state index in [0.717, 1.165) is 43.2 Å². The van der Waals surface area contributed by atoms with Gasteiger partial charge in [0.1, 0.15) is 11.5 Å². The zero-order valence-electron chi connectivity index (χ0n) is 16.6. The Morgan fingerprint density at radius 2 is 1.19 bits per heavy atom. The molecule has 2 aromatic carbocycles. The molecule has 0 aromatic heterocycles. The zero-order valence-corrected chi connectivity index (χ0v) is 16.6. The maximum Gasteiger partial charge on any atom is 0.519 e. The zero-order chi connectivity index (χ0) is 19.1. The van der Waals surface area contributed by atoms with Crippen LogP contribution in [0.15, 0.2) is 30.3 Å². The first-order valence-corrected chi connectivity index (χ1v) is 9.73. The fourth-order valence-electron chi connectivity index (χ4n) is 3.61. The number of hydrogen-bond acceptors (Lipinski definition) is 3. The Bertz CT molecular complexity index is 762. The molecule has 0 aliphatic rings. The second-order valence-electron chi connectivity index (χ2n) is 6.30. The average molecular weight is 354 g/mol. The van der Waals surface area contributed by atoms with E-state index >= 15 is 0 Å². The van der Waals surface area contributed by atoms with Crippen molar-refractivity contribution >= 4 is 6.16 Å². The van der Waals surface area contributed by atoms with E-state index < -0.39 is 6.16 Å². The topological polar surface area (TPSA) is 35.5 Å². The molecule has 2 aromatic rings. The summed E-state index contributed by atoms with van der Waals surface area (Å²) in [6.07, 6.45) is 3.78. The molecule has 140 valence electrons. The molecule has 26 heavy (non-hydrogen) atoms. The molecule has 0 fully saturated rings. The molecule has 0 radical (unpaired) electrons. The van der Waals surface area contributed by atoms with Crippen LogP contribution >= 0.6 is 0 Å². The van der Waals surface area contributed by atoms with Gasteiger partial charge in [-0.1, -0.05) is 52.8 Å². The highest BCUT2D eigenvalue weighted by atomic mass is 16.7. The van der Waals surface area contributed by atoms with Crippen molar-refractivity contribution < 1.29 is 14.3 Å². The molecule has 3 nitrogen and oxygen atoms in total. The van der Waals surface area contributed by atoms with Crippen molar-refractivity contribution in [3.05, 3.63) is 58.1 Å². The molecule has 0 saturated heterocycles. The van der Waals surface area contributed by atoms with E-state index in [1.54, 1.807) is 0 Å². The Morgan fingerprint density at radius 3 is 1.73 bits per heavy atom. The second kappa shape index (κ2) is 9.42. The number of hydrogen-bond donors (Lipinski definition) is 0. The first kappa shape index (κ1) is 20.0. The maximum atomic E-state index is 12.4. The van der Waals surface area contributed by atoms with Gasteiger partial charge >= 0.3 is 6.16 Å². The molecule has 0 bridgehead atoms. The largest absolute Gasteiger partial charge is 0.519 e. The summed E-state index contributed by atoms with van der Waals surface area (Å²) in [5.41, 5.74) is 5.96. The second-order valence-corrected chi connectivity index (χ2v) is 6.30. The standard InChI is InChI=1S/C23H30O3/c1-6-16-12-11-13-21(19(16)9-4)25-23(24)26-22-15-14-17(7-2)18(8-3)20(22)10-5/h11-15H,6-10H2,1-5H3. The predicted molar refractivity (Wildman–Crippen MR) is 106 cm³/mol. The molecule has 0 spiro atoms. The third-order valence-corrected chi connectivity index (χ3v) is 4.92. The van der Waals surface area contributed by atoms with E-state index in [0.29, 0.717) is 11.5 Å². The Morgan fingerprint density at radius 1 is 0.654 bits per heavy atom. The van der Waals surface area contributed by atoms with Crippen LogP contribution in [-0.2, 0) is 32.1 Å². The first-order chi connectivity index (χ1) is 12.6. The summed E-state index contributed by atoms with van der Waals surface area (Å²) in [5.74, 6) is 1.20. The average Bonchev–Trinajstić information content (AvgIpc) is 2.66. The normalized spacial score (nSPS) is 10.7. The summed E-state index contributed by atoms with van der Waals surface area (Å²) in [5, 5.41) is 0. The van der Waals surface area contributed by atoms with Crippen LogP contribution in [0.25, 0.3) is 0 Å². The lowest BCUT2D eigenvalue weighted by Gasteiger charge is -2.17.